The number of amides is 4. The van der Waals surface area contributed by atoms with Crippen molar-refractivity contribution >= 4 is 35.6 Å². The van der Waals surface area contributed by atoms with Crippen molar-refractivity contribution in [2.24, 2.45) is 0 Å². The van der Waals surface area contributed by atoms with E-state index in [0.717, 1.165) is 71.6 Å². The molecular formula is C84H154N6O40. The molecule has 6 heterocycles. The van der Waals surface area contributed by atoms with Crippen LogP contribution in [-0.2, 0) is 85.6 Å². The first-order valence-corrected chi connectivity index (χ1v) is 45.4. The fourth-order valence-electron chi connectivity index (χ4n) is 16.8. The van der Waals surface area contributed by atoms with Gasteiger partial charge in [0.25, 0.3) is 11.6 Å². The SMILES string of the molecule is CCCCCCCCCCCCCC=CC(O)C(COC1OC(CO)C(OC2OC(CO)C(OC3OC(CO)C(OC4OC(COC5(C(=O)O)CC(O)C(NC(=O)CO)C(C(O)C(O)CO)O5)C(O)C(OC5(C(=O)O)CC(O)C(NC(C)=O)C(C(O)C(O)CO)O5)C4O)C(O)C3NC(C)=O)C(O)C2O)C(O)C1O)NC(=O)CCCCCCCCCCCCCCCCC.N.N. The van der Waals surface area contributed by atoms with Gasteiger partial charge in [-0.2, -0.15) is 0 Å². The highest BCUT2D eigenvalue weighted by Crippen LogP contribution is 2.42. The van der Waals surface area contributed by atoms with Crippen LogP contribution in [0.4, 0.5) is 0 Å². The van der Waals surface area contributed by atoms with E-state index in [2.05, 4.69) is 35.1 Å². The Bertz CT molecular complexity index is 3230. The van der Waals surface area contributed by atoms with Crippen LogP contribution in [0.15, 0.2) is 12.2 Å². The van der Waals surface area contributed by atoms with E-state index in [1.165, 1.54) is 103 Å². The Morgan fingerprint density at radius 3 is 1.26 bits per heavy atom. The third-order valence-electron chi connectivity index (χ3n) is 24.2. The second-order valence-electron chi connectivity index (χ2n) is 34.3. The van der Waals surface area contributed by atoms with Crippen LogP contribution in [0.5, 0.6) is 0 Å². The zero-order chi connectivity index (χ0) is 94.5. The number of ether oxygens (including phenoxy) is 12. The maximum atomic E-state index is 13.6. The molecule has 0 radical (unpaired) electrons. The number of aliphatic hydroxyl groups excluding tert-OH is 20. The van der Waals surface area contributed by atoms with Crippen LogP contribution in [0.2, 0.25) is 0 Å². The number of aliphatic carboxylic acids is 2. The molecule has 6 aliphatic rings. The molecule has 0 saturated carbocycles. The highest BCUT2D eigenvalue weighted by molar-refractivity contribution is 5.79. The standard InChI is InChI=1S/C84H148N4O40.2H3N/c1-5-7-9-11-13-15-17-19-20-22-24-26-28-30-32-34-57(102)87-47(48(97)33-31-29-27-25-23-21-18-16-14-12-10-8-6-2)43-117-78-68(110)66(108)73(54(40-92)120-78)125-79-69(111)67(109)72(55(41-93)121-79)123-77-61(86-46(4)96)65(107)71(53(39-91)119-77)124-80-70(112)76(128-84(82(115)116)36-50(99)59(85-45(3)95)74(127-84)62(104)51(100)37-89)64(106)56(122-80)44-118-83(81(113)114)35-49(98)60(88-58(103)42-94)75(126-83)63(105)52(101)38-90;;/h31,33,47-56,59-80,89-94,97-101,104-112H,5-30,32,34-44H2,1-4H3,(H,85,95)(H,86,96)(H,87,102)(H,88,103)(H,113,114)(H,115,116);2*1H3. The topological polar surface area (TPSA) is 776 Å². The quantitative estimate of drug-likeness (QED) is 0.0201. The van der Waals surface area contributed by atoms with E-state index in [4.69, 9.17) is 56.8 Å². The highest BCUT2D eigenvalue weighted by atomic mass is 16.8. The lowest BCUT2D eigenvalue weighted by Gasteiger charge is -2.51. The average Bonchev–Trinajstić information content (AvgIpc) is 0.748. The molecule has 46 heteroatoms. The van der Waals surface area contributed by atoms with Gasteiger partial charge >= 0.3 is 11.9 Å². The molecule has 32 N–H and O–H groups in total. The van der Waals surface area contributed by atoms with E-state index in [1.54, 1.807) is 6.08 Å². The maximum Gasteiger partial charge on any atom is 0.364 e. The zero-order valence-electron chi connectivity index (χ0n) is 75.1. The van der Waals surface area contributed by atoms with Gasteiger partial charge in [-0.25, -0.2) is 9.59 Å². The number of aliphatic hydroxyl groups is 20. The summed E-state index contributed by atoms with van der Waals surface area (Å²) in [6.45, 7) is -2.83. The summed E-state index contributed by atoms with van der Waals surface area (Å²) in [7, 11) is 0. The number of unbranched alkanes of at least 4 members (excludes halogenated alkanes) is 25. The zero-order valence-corrected chi connectivity index (χ0v) is 75.1. The lowest BCUT2D eigenvalue weighted by atomic mass is 9.88. The van der Waals surface area contributed by atoms with Gasteiger partial charge in [-0.05, 0) is 19.3 Å². The van der Waals surface area contributed by atoms with Crippen molar-refractivity contribution in [1.82, 2.24) is 33.6 Å². The van der Waals surface area contributed by atoms with Crippen molar-refractivity contribution < 1.29 is 198 Å². The first kappa shape index (κ1) is 118. The number of carbonyl (C=O) groups excluding carboxylic acids is 4. The Balaban J connectivity index is 0.0000177. The summed E-state index contributed by atoms with van der Waals surface area (Å²) >= 11 is 0. The Hall–Kier alpha value is -4.80. The summed E-state index contributed by atoms with van der Waals surface area (Å²) in [6.07, 6.45) is -29.9. The van der Waals surface area contributed by atoms with Crippen LogP contribution in [-0.4, -0.2) is 408 Å². The van der Waals surface area contributed by atoms with Crippen LogP contribution >= 0.6 is 0 Å². The molecule has 0 spiro atoms. The minimum absolute atomic E-state index is 0. The van der Waals surface area contributed by atoms with Gasteiger partial charge in [-0.3, -0.25) is 19.2 Å². The summed E-state index contributed by atoms with van der Waals surface area (Å²) < 4.78 is 71.0. The fourth-order valence-corrected chi connectivity index (χ4v) is 16.8. The molecule has 4 amide bonds. The van der Waals surface area contributed by atoms with Crippen LogP contribution in [0.1, 0.15) is 220 Å². The predicted octanol–water partition coefficient (Wildman–Crippen LogP) is -4.57. The lowest BCUT2D eigenvalue weighted by molar-refractivity contribution is -0.393. The van der Waals surface area contributed by atoms with E-state index >= 15 is 0 Å². The third kappa shape index (κ3) is 34.4. The Morgan fingerprint density at radius 1 is 0.431 bits per heavy atom. The van der Waals surface area contributed by atoms with E-state index in [1.807, 2.05) is 6.08 Å². The maximum absolute atomic E-state index is 13.6. The van der Waals surface area contributed by atoms with Crippen molar-refractivity contribution in [1.29, 1.82) is 0 Å². The molecule has 34 atom stereocenters. The van der Waals surface area contributed by atoms with Gasteiger partial charge in [0.05, 0.1) is 82.7 Å². The van der Waals surface area contributed by atoms with Gasteiger partial charge < -0.3 is 203 Å². The fraction of sp³-hybridized carbons (Fsp3) is 0.905. The molecule has 0 aromatic carbocycles. The molecule has 760 valence electrons. The smallest absolute Gasteiger partial charge is 0.364 e. The first-order chi connectivity index (χ1) is 61.1. The second kappa shape index (κ2) is 60.0. The van der Waals surface area contributed by atoms with Crippen molar-refractivity contribution in [3.05, 3.63) is 12.2 Å². The molecule has 0 aromatic rings. The summed E-state index contributed by atoms with van der Waals surface area (Å²) in [6, 6.07) is -6.87. The molecule has 6 saturated heterocycles. The number of allylic oxidation sites excluding steroid dienone is 1. The number of carboxylic acids is 2. The summed E-state index contributed by atoms with van der Waals surface area (Å²) in [5.74, 6) is -14.7. The number of carbonyl (C=O) groups is 6. The van der Waals surface area contributed by atoms with Gasteiger partial charge in [-0.1, -0.05) is 180 Å². The molecular weight excluding hydrogens is 1730 g/mol. The van der Waals surface area contributed by atoms with Crippen molar-refractivity contribution in [2.45, 2.75) is 428 Å². The number of carboxylic acid groups (broad SMARTS) is 2. The molecule has 0 aliphatic carbocycles. The molecule has 6 rings (SSSR count). The van der Waals surface area contributed by atoms with Crippen molar-refractivity contribution in [3.63, 3.8) is 0 Å². The van der Waals surface area contributed by atoms with Crippen LogP contribution in [0, 0.1) is 0 Å². The van der Waals surface area contributed by atoms with E-state index in [0.29, 0.717) is 12.8 Å². The Kier molecular flexibility index (Phi) is 54.3. The minimum atomic E-state index is -3.47. The molecule has 46 nitrogen and oxygen atoms in total. The normalized spacial score (nSPS) is 34.4. The van der Waals surface area contributed by atoms with Crippen LogP contribution in [0.3, 0.4) is 0 Å². The van der Waals surface area contributed by atoms with Gasteiger partial charge in [0.15, 0.2) is 25.2 Å². The molecule has 0 aromatic heterocycles. The molecule has 6 aliphatic heterocycles. The minimum Gasteiger partial charge on any atom is -0.477 e. The average molecular weight is 1890 g/mol. The molecule has 34 unspecified atom stereocenters. The number of rotatable bonds is 60. The lowest BCUT2D eigenvalue weighted by Crippen LogP contribution is -2.71. The van der Waals surface area contributed by atoms with Crippen molar-refractivity contribution in [3.8, 4) is 0 Å². The van der Waals surface area contributed by atoms with Gasteiger partial charge in [0, 0.05) is 33.1 Å². The molecule has 6 fully saturated rings. The van der Waals surface area contributed by atoms with Crippen LogP contribution in [0.25, 0.3) is 0 Å². The Morgan fingerprint density at radius 2 is 0.815 bits per heavy atom. The van der Waals surface area contributed by atoms with Gasteiger partial charge in [0.1, 0.15) is 141 Å². The third-order valence-corrected chi connectivity index (χ3v) is 24.2. The molecule has 130 heavy (non-hydrogen) atoms. The number of nitrogens with one attached hydrogen (secondary N) is 4. The van der Waals surface area contributed by atoms with Crippen LogP contribution < -0.4 is 33.6 Å². The predicted molar refractivity (Wildman–Crippen MR) is 451 cm³/mol. The first-order valence-electron chi connectivity index (χ1n) is 45.4. The molecule has 0 bridgehead atoms. The largest absolute Gasteiger partial charge is 0.477 e. The number of hydrogen-bond acceptors (Lipinski definition) is 40. The second-order valence-corrected chi connectivity index (χ2v) is 34.3. The summed E-state index contributed by atoms with van der Waals surface area (Å²) in [5, 5.41) is 255. The van der Waals surface area contributed by atoms with Gasteiger partial charge in [-0.15, -0.1) is 0 Å². The number of hydrogen-bond donors (Lipinski definition) is 28. The summed E-state index contributed by atoms with van der Waals surface area (Å²) in [5.41, 5.74) is 0. The monoisotopic (exact) mass is 1890 g/mol. The van der Waals surface area contributed by atoms with Gasteiger partial charge in [0.2, 0.25) is 23.6 Å². The highest BCUT2D eigenvalue weighted by Gasteiger charge is 2.63. The van der Waals surface area contributed by atoms with E-state index in [-0.39, 0.29) is 24.6 Å². The summed E-state index contributed by atoms with van der Waals surface area (Å²) in [4.78, 5) is 78.5. The van der Waals surface area contributed by atoms with E-state index < -0.39 is 303 Å². The van der Waals surface area contributed by atoms with E-state index in [9.17, 15) is 141 Å². The Labute approximate surface area is 757 Å². The van der Waals surface area contributed by atoms with Crippen molar-refractivity contribution in [2.75, 3.05) is 52.9 Å².